The Morgan fingerprint density at radius 2 is 2.11 bits per heavy atom. The molecule has 8 nitrogen and oxygen atoms in total. The highest BCUT2D eigenvalue weighted by molar-refractivity contribution is 5.87. The van der Waals surface area contributed by atoms with Gasteiger partial charge in [-0.25, -0.2) is 4.99 Å². The van der Waals surface area contributed by atoms with Crippen LogP contribution in [0.3, 0.4) is 0 Å². The number of aliphatic imine (C=N–C) groups is 1. The van der Waals surface area contributed by atoms with E-state index in [1.807, 2.05) is 18.4 Å². The minimum Gasteiger partial charge on any atom is -0.469 e. The molecule has 0 radical (unpaired) electrons. The fourth-order valence-electron chi connectivity index (χ4n) is 2.76. The Hall–Kier alpha value is -3.47. The largest absolute Gasteiger partial charge is 0.469 e. The first-order valence-corrected chi connectivity index (χ1v) is 8.34. The van der Waals surface area contributed by atoms with Crippen LogP contribution in [-0.4, -0.2) is 28.8 Å². The van der Waals surface area contributed by atoms with Gasteiger partial charge in [-0.1, -0.05) is 12.1 Å². The first-order chi connectivity index (χ1) is 12.9. The number of nitriles is 1. The van der Waals surface area contributed by atoms with Crippen molar-refractivity contribution in [1.82, 2.24) is 4.57 Å². The van der Waals surface area contributed by atoms with Gasteiger partial charge in [-0.3, -0.25) is 14.9 Å². The normalized spacial score (nSPS) is 10.7. The van der Waals surface area contributed by atoms with Crippen molar-refractivity contribution in [1.29, 1.82) is 5.26 Å². The standard InChI is InChI=1S/C19H20N4O4/c1-13-14(2)22(10-6-9-18(24)27-3)19(16(13)11-20)21-12-15-7-4-5-8-17(15)23(25)26/h4-5,7-8,12H,6,9-10H2,1-3H3/b21-12+. The van der Waals surface area contributed by atoms with Gasteiger partial charge in [-0.15, -0.1) is 0 Å². The Bertz CT molecular complexity index is 938. The molecule has 8 heteroatoms. The molecule has 0 N–H and O–H groups in total. The van der Waals surface area contributed by atoms with Gasteiger partial charge in [-0.05, 0) is 31.9 Å². The average Bonchev–Trinajstić information content (AvgIpc) is 2.89. The predicted octanol–water partition coefficient (Wildman–Crippen LogP) is 3.59. The molecule has 1 aromatic carbocycles. The van der Waals surface area contributed by atoms with Gasteiger partial charge < -0.3 is 9.30 Å². The second-order valence-corrected chi connectivity index (χ2v) is 5.93. The summed E-state index contributed by atoms with van der Waals surface area (Å²) in [6.07, 6.45) is 2.17. The zero-order chi connectivity index (χ0) is 20.0. The summed E-state index contributed by atoms with van der Waals surface area (Å²) in [6, 6.07) is 8.41. The molecule has 27 heavy (non-hydrogen) atoms. The zero-order valence-electron chi connectivity index (χ0n) is 15.4. The molecule has 2 aromatic rings. The molecule has 0 unspecified atom stereocenters. The number of nitro benzene ring substituents is 1. The van der Waals surface area contributed by atoms with Crippen molar-refractivity contribution in [2.75, 3.05) is 7.11 Å². The van der Waals surface area contributed by atoms with Gasteiger partial charge in [0.1, 0.15) is 6.07 Å². The third-order valence-electron chi connectivity index (χ3n) is 4.36. The minimum atomic E-state index is -0.474. The number of esters is 1. The molecular formula is C19H20N4O4. The van der Waals surface area contributed by atoms with Gasteiger partial charge in [-0.2, -0.15) is 5.26 Å². The quantitative estimate of drug-likeness (QED) is 0.321. The van der Waals surface area contributed by atoms with Crippen LogP contribution >= 0.6 is 0 Å². The zero-order valence-corrected chi connectivity index (χ0v) is 15.4. The molecule has 2 rings (SSSR count). The smallest absolute Gasteiger partial charge is 0.305 e. The lowest BCUT2D eigenvalue weighted by Crippen LogP contribution is -2.05. The van der Waals surface area contributed by atoms with Crippen LogP contribution in [0, 0.1) is 35.3 Å². The van der Waals surface area contributed by atoms with E-state index in [9.17, 15) is 20.2 Å². The number of ether oxygens (including phenoxy) is 1. The number of methoxy groups -OCH3 is 1. The van der Waals surface area contributed by atoms with Crippen LogP contribution in [0.2, 0.25) is 0 Å². The summed E-state index contributed by atoms with van der Waals surface area (Å²) in [6.45, 7) is 4.18. The van der Waals surface area contributed by atoms with E-state index in [2.05, 4.69) is 15.8 Å². The van der Waals surface area contributed by atoms with Gasteiger partial charge in [0, 0.05) is 30.9 Å². The highest BCUT2D eigenvalue weighted by Crippen LogP contribution is 2.29. The van der Waals surface area contributed by atoms with Crippen molar-refractivity contribution in [2.45, 2.75) is 33.2 Å². The number of carbonyl (C=O) groups excluding carboxylic acids is 1. The van der Waals surface area contributed by atoms with Crippen molar-refractivity contribution in [3.63, 3.8) is 0 Å². The van der Waals surface area contributed by atoms with Crippen molar-refractivity contribution in [3.05, 3.63) is 56.8 Å². The van der Waals surface area contributed by atoms with Gasteiger partial charge in [0.05, 0.1) is 23.2 Å². The van der Waals surface area contributed by atoms with E-state index < -0.39 is 4.92 Å². The van der Waals surface area contributed by atoms with E-state index in [0.717, 1.165) is 11.3 Å². The lowest BCUT2D eigenvalue weighted by Gasteiger charge is -2.08. The first-order valence-electron chi connectivity index (χ1n) is 8.34. The second-order valence-electron chi connectivity index (χ2n) is 5.93. The monoisotopic (exact) mass is 368 g/mol. The van der Waals surface area contributed by atoms with Gasteiger partial charge in [0.15, 0.2) is 5.82 Å². The number of benzene rings is 1. The van der Waals surface area contributed by atoms with Crippen LogP contribution in [0.15, 0.2) is 29.3 Å². The summed E-state index contributed by atoms with van der Waals surface area (Å²) in [5.74, 6) is 0.123. The van der Waals surface area contributed by atoms with Crippen molar-refractivity contribution in [2.24, 2.45) is 4.99 Å². The lowest BCUT2D eigenvalue weighted by atomic mass is 10.2. The molecular weight excluding hydrogens is 348 g/mol. The molecule has 0 aliphatic rings. The maximum Gasteiger partial charge on any atom is 0.305 e. The number of hydrogen-bond donors (Lipinski definition) is 0. The molecule has 0 bridgehead atoms. The van der Waals surface area contributed by atoms with Crippen molar-refractivity contribution >= 4 is 23.7 Å². The van der Waals surface area contributed by atoms with E-state index >= 15 is 0 Å². The average molecular weight is 368 g/mol. The topological polar surface area (TPSA) is 111 Å². The third kappa shape index (κ3) is 4.39. The summed E-state index contributed by atoms with van der Waals surface area (Å²) < 4.78 is 6.49. The third-order valence-corrected chi connectivity index (χ3v) is 4.36. The summed E-state index contributed by atoms with van der Waals surface area (Å²) in [5.41, 5.74) is 2.37. The molecule has 0 aliphatic heterocycles. The SMILES string of the molecule is COC(=O)CCCn1c(C)c(C)c(C#N)c1/N=C/c1ccccc1[N+](=O)[O-]. The molecule has 0 spiro atoms. The molecule has 1 aromatic heterocycles. The number of para-hydroxylation sites is 1. The number of carbonyl (C=O) groups is 1. The number of nitro groups is 1. The molecule has 0 atom stereocenters. The Balaban J connectivity index is 2.41. The van der Waals surface area contributed by atoms with Crippen LogP contribution in [0.25, 0.3) is 0 Å². The Kier molecular flexibility index (Phi) is 6.44. The summed E-state index contributed by atoms with van der Waals surface area (Å²) in [5, 5.41) is 20.7. The Morgan fingerprint density at radius 1 is 1.41 bits per heavy atom. The van der Waals surface area contributed by atoms with Gasteiger partial charge in [0.25, 0.3) is 5.69 Å². The molecule has 140 valence electrons. The summed E-state index contributed by atoms with van der Waals surface area (Å²) in [4.78, 5) is 26.4. The summed E-state index contributed by atoms with van der Waals surface area (Å²) >= 11 is 0. The van der Waals surface area contributed by atoms with Crippen molar-refractivity contribution in [3.8, 4) is 6.07 Å². The van der Waals surface area contributed by atoms with Crippen LogP contribution in [0.4, 0.5) is 11.5 Å². The van der Waals surface area contributed by atoms with E-state index in [-0.39, 0.29) is 18.1 Å². The molecule has 1 heterocycles. The number of rotatable bonds is 7. The fourth-order valence-corrected chi connectivity index (χ4v) is 2.76. The van der Waals surface area contributed by atoms with E-state index in [4.69, 9.17) is 0 Å². The lowest BCUT2D eigenvalue weighted by molar-refractivity contribution is -0.385. The van der Waals surface area contributed by atoms with Crippen LogP contribution in [-0.2, 0) is 16.1 Å². The van der Waals surface area contributed by atoms with Crippen LogP contribution < -0.4 is 0 Å². The Morgan fingerprint density at radius 3 is 2.74 bits per heavy atom. The van der Waals surface area contributed by atoms with Crippen LogP contribution in [0.5, 0.6) is 0 Å². The molecule has 0 amide bonds. The number of aromatic nitrogens is 1. The first kappa shape index (κ1) is 19.8. The van der Waals surface area contributed by atoms with Crippen molar-refractivity contribution < 1.29 is 14.5 Å². The van der Waals surface area contributed by atoms with Crippen LogP contribution in [0.1, 0.15) is 35.2 Å². The molecule has 0 aliphatic carbocycles. The fraction of sp³-hybridized carbons (Fsp3) is 0.316. The Labute approximate surface area is 156 Å². The number of hydrogen-bond acceptors (Lipinski definition) is 6. The molecule has 0 saturated carbocycles. The number of nitrogens with zero attached hydrogens (tertiary/aromatic N) is 4. The second kappa shape index (κ2) is 8.76. The van der Waals surface area contributed by atoms with Gasteiger partial charge in [0.2, 0.25) is 0 Å². The van der Waals surface area contributed by atoms with E-state index in [1.54, 1.807) is 18.2 Å². The maximum absolute atomic E-state index is 11.3. The molecule has 0 fully saturated rings. The van der Waals surface area contributed by atoms with E-state index in [1.165, 1.54) is 19.4 Å². The van der Waals surface area contributed by atoms with Gasteiger partial charge >= 0.3 is 5.97 Å². The maximum atomic E-state index is 11.3. The highest BCUT2D eigenvalue weighted by atomic mass is 16.6. The predicted molar refractivity (Wildman–Crippen MR) is 100 cm³/mol. The highest BCUT2D eigenvalue weighted by Gasteiger charge is 2.18. The molecule has 0 saturated heterocycles. The summed E-state index contributed by atoms with van der Waals surface area (Å²) in [7, 11) is 1.34. The minimum absolute atomic E-state index is 0.0583. The van der Waals surface area contributed by atoms with E-state index in [0.29, 0.717) is 29.9 Å².